The highest BCUT2D eigenvalue weighted by atomic mass is 16.5. The molecule has 21 heavy (non-hydrogen) atoms. The summed E-state index contributed by atoms with van der Waals surface area (Å²) >= 11 is 0. The van der Waals surface area contributed by atoms with Crippen LogP contribution in [0, 0.1) is 6.92 Å². The average Bonchev–Trinajstić information content (AvgIpc) is 2.51. The van der Waals surface area contributed by atoms with Gasteiger partial charge in [0.05, 0.1) is 20.4 Å². The van der Waals surface area contributed by atoms with Crippen molar-refractivity contribution in [1.82, 2.24) is 15.2 Å². The number of hydrogen-bond acceptors (Lipinski definition) is 7. The molecule has 0 aliphatic rings. The van der Waals surface area contributed by atoms with Crippen LogP contribution in [0.5, 0.6) is 11.5 Å². The Morgan fingerprint density at radius 1 is 1.29 bits per heavy atom. The number of methoxy groups -OCH3 is 2. The van der Waals surface area contributed by atoms with Gasteiger partial charge in [0, 0.05) is 11.6 Å². The molecule has 0 aliphatic carbocycles. The lowest BCUT2D eigenvalue weighted by molar-refractivity contribution is 0.394. The van der Waals surface area contributed by atoms with E-state index in [4.69, 9.17) is 9.47 Å². The molecule has 0 bridgehead atoms. The molecular weight excluding hydrogens is 274 g/mol. The normalized spacial score (nSPS) is 10.6. The predicted molar refractivity (Wildman–Crippen MR) is 78.2 cm³/mol. The number of aromatic amines is 1. The third kappa shape index (κ3) is 3.56. The van der Waals surface area contributed by atoms with Crippen molar-refractivity contribution in [3.8, 4) is 11.5 Å². The van der Waals surface area contributed by atoms with Crippen LogP contribution in [0.2, 0.25) is 0 Å². The summed E-state index contributed by atoms with van der Waals surface area (Å²) in [4.78, 5) is 13.9. The van der Waals surface area contributed by atoms with E-state index in [9.17, 15) is 4.79 Å². The van der Waals surface area contributed by atoms with Crippen LogP contribution < -0.4 is 20.5 Å². The van der Waals surface area contributed by atoms with Crippen LogP contribution in [0.4, 0.5) is 5.95 Å². The van der Waals surface area contributed by atoms with Crippen molar-refractivity contribution >= 4 is 12.2 Å². The number of aryl methyl sites for hydroxylation is 1. The smallest absolute Gasteiger partial charge is 0.274 e. The molecule has 1 aromatic heterocycles. The standard InChI is InChI=1S/C13H15N5O3/c1-8-12(19)15-13(18-16-8)17-14-7-9-4-5-10(20-2)6-11(9)21-3/h4-7H,1-3H3,(H2,15,17,18,19)/b14-7+. The topological polar surface area (TPSA) is 101 Å². The Balaban J connectivity index is 2.14. The summed E-state index contributed by atoms with van der Waals surface area (Å²) in [5.74, 6) is 1.46. The Kier molecular flexibility index (Phi) is 4.50. The van der Waals surface area contributed by atoms with Crippen molar-refractivity contribution < 1.29 is 9.47 Å². The van der Waals surface area contributed by atoms with Gasteiger partial charge >= 0.3 is 0 Å². The van der Waals surface area contributed by atoms with Crippen LogP contribution >= 0.6 is 0 Å². The van der Waals surface area contributed by atoms with E-state index in [2.05, 4.69) is 25.7 Å². The Bertz CT molecular complexity index is 711. The predicted octanol–water partition coefficient (Wildman–Crippen LogP) is 0.937. The van der Waals surface area contributed by atoms with Gasteiger partial charge in [0.1, 0.15) is 17.2 Å². The van der Waals surface area contributed by atoms with E-state index in [1.807, 2.05) is 0 Å². The molecule has 0 fully saturated rings. The minimum absolute atomic E-state index is 0.161. The van der Waals surface area contributed by atoms with Crippen molar-refractivity contribution in [1.29, 1.82) is 0 Å². The first kappa shape index (κ1) is 14.5. The van der Waals surface area contributed by atoms with Gasteiger partial charge in [0.2, 0.25) is 5.95 Å². The summed E-state index contributed by atoms with van der Waals surface area (Å²) in [5, 5.41) is 11.4. The van der Waals surface area contributed by atoms with E-state index in [1.54, 1.807) is 39.3 Å². The summed E-state index contributed by atoms with van der Waals surface area (Å²) in [6, 6.07) is 5.33. The van der Waals surface area contributed by atoms with Crippen LogP contribution in [-0.4, -0.2) is 35.6 Å². The fourth-order valence-corrected chi connectivity index (χ4v) is 1.53. The van der Waals surface area contributed by atoms with E-state index in [0.29, 0.717) is 17.2 Å². The van der Waals surface area contributed by atoms with Crippen molar-refractivity contribution in [3.63, 3.8) is 0 Å². The van der Waals surface area contributed by atoms with Gasteiger partial charge in [-0.05, 0) is 19.1 Å². The lowest BCUT2D eigenvalue weighted by atomic mass is 10.2. The molecule has 0 unspecified atom stereocenters. The molecule has 2 N–H and O–H groups in total. The minimum atomic E-state index is -0.315. The van der Waals surface area contributed by atoms with Crippen LogP contribution in [-0.2, 0) is 0 Å². The van der Waals surface area contributed by atoms with E-state index < -0.39 is 0 Å². The molecule has 0 radical (unpaired) electrons. The number of rotatable bonds is 5. The molecule has 0 saturated carbocycles. The van der Waals surface area contributed by atoms with Gasteiger partial charge in [0.25, 0.3) is 5.56 Å². The minimum Gasteiger partial charge on any atom is -0.497 e. The molecule has 0 saturated heterocycles. The van der Waals surface area contributed by atoms with Gasteiger partial charge in [-0.3, -0.25) is 9.78 Å². The Hall–Kier alpha value is -2.90. The largest absolute Gasteiger partial charge is 0.497 e. The number of H-pyrrole nitrogens is 1. The first-order chi connectivity index (χ1) is 10.1. The van der Waals surface area contributed by atoms with Crippen molar-refractivity contribution in [3.05, 3.63) is 39.8 Å². The summed E-state index contributed by atoms with van der Waals surface area (Å²) in [6.45, 7) is 1.57. The van der Waals surface area contributed by atoms with Gasteiger partial charge in [-0.25, -0.2) is 5.43 Å². The van der Waals surface area contributed by atoms with Gasteiger partial charge in [0.15, 0.2) is 0 Å². The molecule has 2 aromatic rings. The quantitative estimate of drug-likeness (QED) is 0.627. The van der Waals surface area contributed by atoms with Crippen LogP contribution in [0.1, 0.15) is 11.3 Å². The Labute approximate surface area is 120 Å². The van der Waals surface area contributed by atoms with Crippen LogP contribution in [0.25, 0.3) is 0 Å². The molecule has 2 rings (SSSR count). The third-order valence-corrected chi connectivity index (χ3v) is 2.68. The highest BCUT2D eigenvalue weighted by molar-refractivity contribution is 5.84. The number of aromatic nitrogens is 3. The highest BCUT2D eigenvalue weighted by Gasteiger charge is 2.03. The molecular formula is C13H15N5O3. The fourth-order valence-electron chi connectivity index (χ4n) is 1.53. The molecule has 0 amide bonds. The van der Waals surface area contributed by atoms with Gasteiger partial charge < -0.3 is 9.47 Å². The maximum atomic E-state index is 11.4. The molecule has 1 aromatic carbocycles. The zero-order valence-corrected chi connectivity index (χ0v) is 11.9. The van der Waals surface area contributed by atoms with Crippen molar-refractivity contribution in [2.24, 2.45) is 5.10 Å². The molecule has 0 aliphatic heterocycles. The zero-order chi connectivity index (χ0) is 15.2. The second-order valence-electron chi connectivity index (χ2n) is 4.07. The van der Waals surface area contributed by atoms with Crippen molar-refractivity contribution in [2.45, 2.75) is 6.92 Å². The maximum Gasteiger partial charge on any atom is 0.274 e. The number of hydrazone groups is 1. The first-order valence-corrected chi connectivity index (χ1v) is 6.08. The van der Waals surface area contributed by atoms with Crippen LogP contribution in [0.15, 0.2) is 28.1 Å². The Morgan fingerprint density at radius 3 is 2.76 bits per heavy atom. The monoisotopic (exact) mass is 289 g/mol. The molecule has 0 spiro atoms. The molecule has 1 heterocycles. The summed E-state index contributed by atoms with van der Waals surface area (Å²) in [5.41, 5.74) is 3.32. The molecule has 8 heteroatoms. The van der Waals surface area contributed by atoms with E-state index in [-0.39, 0.29) is 11.5 Å². The lowest BCUT2D eigenvalue weighted by Gasteiger charge is -2.06. The van der Waals surface area contributed by atoms with Crippen molar-refractivity contribution in [2.75, 3.05) is 19.6 Å². The number of benzene rings is 1. The lowest BCUT2D eigenvalue weighted by Crippen LogP contribution is -2.15. The third-order valence-electron chi connectivity index (χ3n) is 2.68. The van der Waals surface area contributed by atoms with E-state index in [1.165, 1.54) is 6.21 Å². The van der Waals surface area contributed by atoms with Gasteiger partial charge in [-0.1, -0.05) is 0 Å². The molecule has 8 nitrogen and oxygen atoms in total. The Morgan fingerprint density at radius 2 is 2.10 bits per heavy atom. The maximum absolute atomic E-state index is 11.4. The summed E-state index contributed by atoms with van der Waals surface area (Å²) in [7, 11) is 3.14. The number of nitrogens with one attached hydrogen (secondary N) is 2. The zero-order valence-electron chi connectivity index (χ0n) is 11.9. The number of nitrogens with zero attached hydrogens (tertiary/aromatic N) is 3. The fraction of sp³-hybridized carbons (Fsp3) is 0.231. The first-order valence-electron chi connectivity index (χ1n) is 6.08. The molecule has 110 valence electrons. The number of ether oxygens (including phenoxy) is 2. The van der Waals surface area contributed by atoms with E-state index in [0.717, 1.165) is 5.56 Å². The SMILES string of the molecule is COc1ccc(/C=N/Nc2nnc(C)c(=O)[nH]2)c(OC)c1. The second kappa shape index (κ2) is 6.51. The summed E-state index contributed by atoms with van der Waals surface area (Å²) in [6.07, 6.45) is 1.54. The highest BCUT2D eigenvalue weighted by Crippen LogP contribution is 2.23. The van der Waals surface area contributed by atoms with E-state index >= 15 is 0 Å². The van der Waals surface area contributed by atoms with Crippen LogP contribution in [0.3, 0.4) is 0 Å². The average molecular weight is 289 g/mol. The van der Waals surface area contributed by atoms with Gasteiger partial charge in [-0.2, -0.15) is 5.10 Å². The number of hydrogen-bond donors (Lipinski definition) is 2. The van der Waals surface area contributed by atoms with Gasteiger partial charge in [-0.15, -0.1) is 10.2 Å². The number of anilines is 1. The summed E-state index contributed by atoms with van der Waals surface area (Å²) < 4.78 is 10.4. The molecule has 0 atom stereocenters. The second-order valence-corrected chi connectivity index (χ2v) is 4.07.